The van der Waals surface area contributed by atoms with Crippen LogP contribution in [0.1, 0.15) is 16.8 Å². The molecule has 2 heterocycles. The molecule has 0 atom stereocenters. The number of carbonyl (C=O) groups is 1. The number of likely N-dealkylation sites (N-methyl/N-ethyl adjacent to an activating group) is 1. The maximum atomic E-state index is 12.4. The second-order valence-corrected chi connectivity index (χ2v) is 9.13. The molecule has 0 saturated heterocycles. The lowest BCUT2D eigenvalue weighted by atomic mass is 10.2. The van der Waals surface area contributed by atoms with Crippen LogP contribution < -0.4 is 10.2 Å². The van der Waals surface area contributed by atoms with Crippen molar-refractivity contribution in [3.05, 3.63) is 69.8 Å². The van der Waals surface area contributed by atoms with Crippen LogP contribution in [0, 0.1) is 13.8 Å². The summed E-state index contributed by atoms with van der Waals surface area (Å²) in [5.41, 5.74) is 4.99. The number of nitrogens with one attached hydrogen (secondary N) is 1. The van der Waals surface area contributed by atoms with Gasteiger partial charge in [0.05, 0.1) is 22.6 Å². The molecule has 30 heavy (non-hydrogen) atoms. The molecular formula is C22H22BrN5OS. The Morgan fingerprint density at radius 3 is 2.53 bits per heavy atom. The standard InChI is InChI=1S/C22H22BrN5OS/c1-14-4-10-18(11-5-14)28-21-20(15(2)26-28)30-22(25-21)27(3)13-19(29)24-12-16-6-8-17(23)9-7-16/h4-11H,12-13H2,1-3H3,(H,24,29). The molecule has 4 aromatic rings. The molecule has 0 aliphatic carbocycles. The number of halogens is 1. The maximum Gasteiger partial charge on any atom is 0.239 e. The fourth-order valence-electron chi connectivity index (χ4n) is 3.09. The van der Waals surface area contributed by atoms with Crippen molar-refractivity contribution >= 4 is 48.7 Å². The van der Waals surface area contributed by atoms with E-state index in [1.165, 1.54) is 5.56 Å². The van der Waals surface area contributed by atoms with Crippen LogP contribution in [0.15, 0.2) is 53.0 Å². The number of anilines is 1. The summed E-state index contributed by atoms with van der Waals surface area (Å²) in [4.78, 5) is 19.1. The first-order chi connectivity index (χ1) is 14.4. The Bertz CT molecular complexity index is 1180. The fraction of sp³-hybridized carbons (Fsp3) is 0.227. The summed E-state index contributed by atoms with van der Waals surface area (Å²) < 4.78 is 3.92. The molecule has 0 radical (unpaired) electrons. The van der Waals surface area contributed by atoms with Crippen LogP contribution in [0.25, 0.3) is 16.0 Å². The van der Waals surface area contributed by atoms with Gasteiger partial charge in [-0.25, -0.2) is 4.68 Å². The van der Waals surface area contributed by atoms with Gasteiger partial charge in [-0.15, -0.1) is 0 Å². The van der Waals surface area contributed by atoms with Crippen molar-refractivity contribution in [1.29, 1.82) is 0 Å². The molecule has 2 aromatic carbocycles. The van der Waals surface area contributed by atoms with Crippen molar-refractivity contribution < 1.29 is 4.79 Å². The monoisotopic (exact) mass is 483 g/mol. The first kappa shape index (κ1) is 20.6. The Labute approximate surface area is 187 Å². The van der Waals surface area contributed by atoms with Crippen molar-refractivity contribution in [2.75, 3.05) is 18.5 Å². The summed E-state index contributed by atoms with van der Waals surface area (Å²) in [5, 5.41) is 8.40. The van der Waals surface area contributed by atoms with E-state index in [0.717, 1.165) is 36.9 Å². The van der Waals surface area contributed by atoms with E-state index in [4.69, 9.17) is 4.98 Å². The average Bonchev–Trinajstić information content (AvgIpc) is 3.29. The third kappa shape index (κ3) is 4.39. The molecular weight excluding hydrogens is 462 g/mol. The Morgan fingerprint density at radius 1 is 1.13 bits per heavy atom. The summed E-state index contributed by atoms with van der Waals surface area (Å²) in [6, 6.07) is 16.1. The molecule has 0 spiro atoms. The number of benzene rings is 2. The van der Waals surface area contributed by atoms with Gasteiger partial charge in [-0.3, -0.25) is 4.79 Å². The van der Waals surface area contributed by atoms with Crippen LogP contribution in [-0.4, -0.2) is 34.3 Å². The smallest absolute Gasteiger partial charge is 0.239 e. The van der Waals surface area contributed by atoms with Gasteiger partial charge in [0.15, 0.2) is 10.8 Å². The number of nitrogens with zero attached hydrogens (tertiary/aromatic N) is 4. The quantitative estimate of drug-likeness (QED) is 0.434. The third-order valence-corrected chi connectivity index (χ3v) is 6.56. The molecule has 0 bridgehead atoms. The molecule has 1 N–H and O–H groups in total. The highest BCUT2D eigenvalue weighted by atomic mass is 79.9. The van der Waals surface area contributed by atoms with Crippen molar-refractivity contribution in [1.82, 2.24) is 20.1 Å². The number of hydrogen-bond donors (Lipinski definition) is 1. The number of amides is 1. The number of thiazole rings is 1. The van der Waals surface area contributed by atoms with Gasteiger partial charge in [0, 0.05) is 18.1 Å². The normalized spacial score (nSPS) is 11.1. The largest absolute Gasteiger partial charge is 0.350 e. The molecule has 4 rings (SSSR count). The van der Waals surface area contributed by atoms with Crippen molar-refractivity contribution in [2.45, 2.75) is 20.4 Å². The molecule has 0 fully saturated rings. The van der Waals surface area contributed by atoms with Crippen LogP contribution in [0.2, 0.25) is 0 Å². The number of hydrogen-bond acceptors (Lipinski definition) is 5. The van der Waals surface area contributed by atoms with E-state index in [9.17, 15) is 4.79 Å². The van der Waals surface area contributed by atoms with Crippen LogP contribution in [-0.2, 0) is 11.3 Å². The summed E-state index contributed by atoms with van der Waals surface area (Å²) in [6.07, 6.45) is 0. The average molecular weight is 484 g/mol. The summed E-state index contributed by atoms with van der Waals surface area (Å²) >= 11 is 4.97. The molecule has 1 amide bonds. The zero-order valence-corrected chi connectivity index (χ0v) is 19.4. The first-order valence-corrected chi connectivity index (χ1v) is 11.2. The van der Waals surface area contributed by atoms with Gasteiger partial charge in [0.25, 0.3) is 0 Å². The Hall–Kier alpha value is -2.71. The third-order valence-electron chi connectivity index (χ3n) is 4.77. The number of aromatic nitrogens is 3. The van der Waals surface area contributed by atoms with Gasteiger partial charge in [-0.2, -0.15) is 10.1 Å². The molecule has 0 aliphatic rings. The highest BCUT2D eigenvalue weighted by molar-refractivity contribution is 9.10. The minimum Gasteiger partial charge on any atom is -0.350 e. The summed E-state index contributed by atoms with van der Waals surface area (Å²) in [7, 11) is 1.88. The molecule has 0 aliphatic heterocycles. The van der Waals surface area contributed by atoms with Gasteiger partial charge in [-0.05, 0) is 43.7 Å². The molecule has 0 saturated carbocycles. The van der Waals surface area contributed by atoms with E-state index in [1.54, 1.807) is 11.3 Å². The van der Waals surface area contributed by atoms with E-state index in [-0.39, 0.29) is 12.5 Å². The maximum absolute atomic E-state index is 12.4. The van der Waals surface area contributed by atoms with Gasteiger partial charge in [-0.1, -0.05) is 57.1 Å². The molecule has 0 unspecified atom stereocenters. The highest BCUT2D eigenvalue weighted by Gasteiger charge is 2.18. The van der Waals surface area contributed by atoms with E-state index in [0.29, 0.717) is 6.54 Å². The minimum absolute atomic E-state index is 0.0449. The number of rotatable bonds is 6. The molecule has 154 valence electrons. The summed E-state index contributed by atoms with van der Waals surface area (Å²) in [5.74, 6) is -0.0449. The summed E-state index contributed by atoms with van der Waals surface area (Å²) in [6.45, 7) is 4.79. The van der Waals surface area contributed by atoms with E-state index in [1.807, 2.05) is 60.0 Å². The van der Waals surface area contributed by atoms with E-state index >= 15 is 0 Å². The van der Waals surface area contributed by atoms with Crippen molar-refractivity contribution in [3.8, 4) is 5.69 Å². The predicted molar refractivity (Wildman–Crippen MR) is 125 cm³/mol. The second-order valence-electron chi connectivity index (χ2n) is 7.24. The van der Waals surface area contributed by atoms with Crippen LogP contribution >= 0.6 is 27.3 Å². The fourth-order valence-corrected chi connectivity index (χ4v) is 4.31. The Kier molecular flexibility index (Phi) is 5.87. The highest BCUT2D eigenvalue weighted by Crippen LogP contribution is 2.32. The molecule has 6 nitrogen and oxygen atoms in total. The van der Waals surface area contributed by atoms with Gasteiger partial charge in [0.2, 0.25) is 5.91 Å². The minimum atomic E-state index is -0.0449. The SMILES string of the molecule is Cc1ccc(-n2nc(C)c3sc(N(C)CC(=O)NCc4ccc(Br)cc4)nc32)cc1. The van der Waals surface area contributed by atoms with Gasteiger partial charge >= 0.3 is 0 Å². The second kappa shape index (κ2) is 8.57. The van der Waals surface area contributed by atoms with Gasteiger partial charge < -0.3 is 10.2 Å². The van der Waals surface area contributed by atoms with Crippen molar-refractivity contribution in [2.24, 2.45) is 0 Å². The Balaban J connectivity index is 1.47. The Morgan fingerprint density at radius 2 is 1.83 bits per heavy atom. The zero-order valence-electron chi connectivity index (χ0n) is 17.0. The first-order valence-electron chi connectivity index (χ1n) is 9.56. The predicted octanol–water partition coefficient (Wildman–Crippen LogP) is 4.61. The number of fused-ring (bicyclic) bond motifs is 1. The number of aryl methyl sites for hydroxylation is 2. The lowest BCUT2D eigenvalue weighted by Gasteiger charge is -2.15. The van der Waals surface area contributed by atoms with Gasteiger partial charge in [0.1, 0.15) is 0 Å². The van der Waals surface area contributed by atoms with Crippen LogP contribution in [0.5, 0.6) is 0 Å². The van der Waals surface area contributed by atoms with E-state index < -0.39 is 0 Å². The van der Waals surface area contributed by atoms with Crippen LogP contribution in [0.3, 0.4) is 0 Å². The van der Waals surface area contributed by atoms with E-state index in [2.05, 4.69) is 45.4 Å². The molecule has 2 aromatic heterocycles. The van der Waals surface area contributed by atoms with Crippen LogP contribution in [0.4, 0.5) is 5.13 Å². The molecule has 8 heteroatoms. The topological polar surface area (TPSA) is 63.1 Å². The van der Waals surface area contributed by atoms with Crippen molar-refractivity contribution in [3.63, 3.8) is 0 Å². The lowest BCUT2D eigenvalue weighted by Crippen LogP contribution is -2.34. The lowest BCUT2D eigenvalue weighted by molar-refractivity contribution is -0.119. The zero-order chi connectivity index (χ0) is 21.3. The number of carbonyl (C=O) groups excluding carboxylic acids is 1.